The molecule has 1 aliphatic rings. The van der Waals surface area contributed by atoms with Gasteiger partial charge in [0.15, 0.2) is 0 Å². The highest BCUT2D eigenvalue weighted by atomic mass is 16.5. The Balaban J connectivity index is 1.90. The third-order valence-corrected chi connectivity index (χ3v) is 2.76. The summed E-state index contributed by atoms with van der Waals surface area (Å²) in [4.78, 5) is 0. The molecule has 4 nitrogen and oxygen atoms in total. The molecule has 0 bridgehead atoms. The summed E-state index contributed by atoms with van der Waals surface area (Å²) in [5, 5.41) is 12.7. The zero-order valence-corrected chi connectivity index (χ0v) is 9.45. The first kappa shape index (κ1) is 12.9. The molecule has 1 fully saturated rings. The molecule has 0 aromatic rings. The fourth-order valence-electron chi connectivity index (χ4n) is 1.86. The predicted molar refractivity (Wildman–Crippen MR) is 60.8 cm³/mol. The van der Waals surface area contributed by atoms with Crippen LogP contribution < -0.4 is 11.1 Å². The summed E-state index contributed by atoms with van der Waals surface area (Å²) in [6.07, 6.45) is 5.83. The molecule has 0 saturated heterocycles. The largest absolute Gasteiger partial charge is 0.389 e. The monoisotopic (exact) mass is 216 g/mol. The molecule has 90 valence electrons. The Hall–Kier alpha value is -0.160. The number of rotatable bonds is 8. The van der Waals surface area contributed by atoms with Crippen LogP contribution in [0.5, 0.6) is 0 Å². The summed E-state index contributed by atoms with van der Waals surface area (Å²) in [6, 6.07) is 0. The van der Waals surface area contributed by atoms with Crippen LogP contribution >= 0.6 is 0 Å². The molecular weight excluding hydrogens is 192 g/mol. The zero-order valence-electron chi connectivity index (χ0n) is 9.45. The minimum atomic E-state index is -0.386. The van der Waals surface area contributed by atoms with Crippen LogP contribution in [0.3, 0.4) is 0 Å². The Morgan fingerprint density at radius 1 is 1.40 bits per heavy atom. The number of hydrogen-bond acceptors (Lipinski definition) is 4. The van der Waals surface area contributed by atoms with Crippen LogP contribution in [-0.4, -0.2) is 43.6 Å². The van der Waals surface area contributed by atoms with E-state index in [9.17, 15) is 5.11 Å². The van der Waals surface area contributed by atoms with Gasteiger partial charge in [-0.3, -0.25) is 0 Å². The third-order valence-electron chi connectivity index (χ3n) is 2.76. The molecular formula is C11H24N2O2. The predicted octanol–water partition coefficient (Wildman–Crippen LogP) is 0.245. The lowest BCUT2D eigenvalue weighted by Crippen LogP contribution is -2.32. The van der Waals surface area contributed by atoms with Gasteiger partial charge in [-0.05, 0) is 32.4 Å². The summed E-state index contributed by atoms with van der Waals surface area (Å²) < 4.78 is 5.61. The van der Waals surface area contributed by atoms with Crippen molar-refractivity contribution < 1.29 is 9.84 Å². The maximum atomic E-state index is 9.59. The fourth-order valence-corrected chi connectivity index (χ4v) is 1.86. The summed E-state index contributed by atoms with van der Waals surface area (Å²) in [5.74, 6) is 0. The minimum Gasteiger partial charge on any atom is -0.389 e. The molecule has 1 unspecified atom stereocenters. The second kappa shape index (κ2) is 8.05. The number of nitrogens with two attached hydrogens (primary N) is 1. The van der Waals surface area contributed by atoms with Crippen molar-refractivity contribution in [3.63, 3.8) is 0 Å². The van der Waals surface area contributed by atoms with Crippen molar-refractivity contribution in [2.24, 2.45) is 5.73 Å². The van der Waals surface area contributed by atoms with E-state index in [2.05, 4.69) is 5.32 Å². The molecule has 0 radical (unpaired) electrons. The van der Waals surface area contributed by atoms with Gasteiger partial charge in [-0.15, -0.1) is 0 Å². The van der Waals surface area contributed by atoms with E-state index in [0.29, 0.717) is 25.8 Å². The number of aliphatic hydroxyl groups is 1. The maximum Gasteiger partial charge on any atom is 0.0897 e. The number of aliphatic hydroxyl groups excluding tert-OH is 1. The SMILES string of the molecule is NCCCNCC(O)COC1CCCC1. The lowest BCUT2D eigenvalue weighted by molar-refractivity contribution is -0.00533. The maximum absolute atomic E-state index is 9.59. The third kappa shape index (κ3) is 6.10. The highest BCUT2D eigenvalue weighted by Gasteiger charge is 2.16. The first-order valence-electron chi connectivity index (χ1n) is 6.03. The van der Waals surface area contributed by atoms with Gasteiger partial charge in [0.25, 0.3) is 0 Å². The van der Waals surface area contributed by atoms with Crippen LogP contribution in [0.25, 0.3) is 0 Å². The van der Waals surface area contributed by atoms with Gasteiger partial charge >= 0.3 is 0 Å². The minimum absolute atomic E-state index is 0.386. The van der Waals surface area contributed by atoms with E-state index < -0.39 is 0 Å². The van der Waals surface area contributed by atoms with Crippen molar-refractivity contribution in [3.05, 3.63) is 0 Å². The highest BCUT2D eigenvalue weighted by molar-refractivity contribution is 4.68. The molecule has 1 atom stereocenters. The summed E-state index contributed by atoms with van der Waals surface area (Å²) in [7, 11) is 0. The van der Waals surface area contributed by atoms with Gasteiger partial charge in [-0.2, -0.15) is 0 Å². The van der Waals surface area contributed by atoms with Gasteiger partial charge in [-0.25, -0.2) is 0 Å². The molecule has 15 heavy (non-hydrogen) atoms. The van der Waals surface area contributed by atoms with E-state index >= 15 is 0 Å². The van der Waals surface area contributed by atoms with Crippen LogP contribution in [0.2, 0.25) is 0 Å². The molecule has 0 amide bonds. The van der Waals surface area contributed by atoms with Crippen LogP contribution in [0, 0.1) is 0 Å². The van der Waals surface area contributed by atoms with Gasteiger partial charge in [0.2, 0.25) is 0 Å². The van der Waals surface area contributed by atoms with Gasteiger partial charge < -0.3 is 20.9 Å². The molecule has 0 aliphatic heterocycles. The zero-order chi connectivity index (χ0) is 10.9. The average molecular weight is 216 g/mol. The standard InChI is InChI=1S/C11H24N2O2/c12-6-3-7-13-8-10(14)9-15-11-4-1-2-5-11/h10-11,13-14H,1-9,12H2. The lowest BCUT2D eigenvalue weighted by atomic mass is 10.3. The van der Waals surface area contributed by atoms with E-state index in [1.807, 2.05) is 0 Å². The number of nitrogens with one attached hydrogen (secondary N) is 1. The Labute approximate surface area is 92.2 Å². The van der Waals surface area contributed by atoms with E-state index in [1.54, 1.807) is 0 Å². The molecule has 1 rings (SSSR count). The summed E-state index contributed by atoms with van der Waals surface area (Å²) >= 11 is 0. The molecule has 0 aromatic heterocycles. The second-order valence-corrected chi connectivity index (χ2v) is 4.24. The van der Waals surface area contributed by atoms with E-state index in [1.165, 1.54) is 12.8 Å². The molecule has 0 heterocycles. The van der Waals surface area contributed by atoms with Gasteiger partial charge in [-0.1, -0.05) is 12.8 Å². The van der Waals surface area contributed by atoms with Crippen molar-refractivity contribution in [3.8, 4) is 0 Å². The molecule has 4 N–H and O–H groups in total. The Morgan fingerprint density at radius 3 is 2.80 bits per heavy atom. The number of ether oxygens (including phenoxy) is 1. The lowest BCUT2D eigenvalue weighted by Gasteiger charge is -2.15. The average Bonchev–Trinajstić information content (AvgIpc) is 2.74. The molecule has 0 aromatic carbocycles. The van der Waals surface area contributed by atoms with Crippen LogP contribution in [0.1, 0.15) is 32.1 Å². The quantitative estimate of drug-likeness (QED) is 0.509. The van der Waals surface area contributed by atoms with Crippen molar-refractivity contribution in [1.29, 1.82) is 0 Å². The highest BCUT2D eigenvalue weighted by Crippen LogP contribution is 2.20. The van der Waals surface area contributed by atoms with E-state index in [-0.39, 0.29) is 6.10 Å². The molecule has 1 aliphatic carbocycles. The van der Waals surface area contributed by atoms with Crippen molar-refractivity contribution >= 4 is 0 Å². The van der Waals surface area contributed by atoms with Crippen LogP contribution in [0.15, 0.2) is 0 Å². The fraction of sp³-hybridized carbons (Fsp3) is 1.00. The first-order chi connectivity index (χ1) is 7.33. The van der Waals surface area contributed by atoms with Gasteiger partial charge in [0.05, 0.1) is 18.8 Å². The normalized spacial score (nSPS) is 19.6. The van der Waals surface area contributed by atoms with Crippen molar-refractivity contribution in [2.45, 2.75) is 44.3 Å². The smallest absolute Gasteiger partial charge is 0.0897 e. The molecule has 0 spiro atoms. The van der Waals surface area contributed by atoms with E-state index in [4.69, 9.17) is 10.5 Å². The van der Waals surface area contributed by atoms with Gasteiger partial charge in [0.1, 0.15) is 0 Å². The second-order valence-electron chi connectivity index (χ2n) is 4.24. The topological polar surface area (TPSA) is 67.5 Å². The summed E-state index contributed by atoms with van der Waals surface area (Å²) in [6.45, 7) is 2.63. The summed E-state index contributed by atoms with van der Waals surface area (Å²) in [5.41, 5.74) is 5.36. The van der Waals surface area contributed by atoms with Gasteiger partial charge in [0, 0.05) is 6.54 Å². The van der Waals surface area contributed by atoms with Crippen LogP contribution in [0.4, 0.5) is 0 Å². The molecule has 1 saturated carbocycles. The van der Waals surface area contributed by atoms with Crippen molar-refractivity contribution in [1.82, 2.24) is 5.32 Å². The Morgan fingerprint density at radius 2 is 2.13 bits per heavy atom. The van der Waals surface area contributed by atoms with Crippen LogP contribution in [-0.2, 0) is 4.74 Å². The Bertz CT molecular complexity index is 150. The first-order valence-corrected chi connectivity index (χ1v) is 6.03. The Kier molecular flexibility index (Phi) is 6.92. The van der Waals surface area contributed by atoms with E-state index in [0.717, 1.165) is 25.8 Å². The molecule has 4 heteroatoms. The number of hydrogen-bond donors (Lipinski definition) is 3. The van der Waals surface area contributed by atoms with Crippen molar-refractivity contribution in [2.75, 3.05) is 26.2 Å².